The lowest BCUT2D eigenvalue weighted by Crippen LogP contribution is -2.05. The topological polar surface area (TPSA) is 73.7 Å². The summed E-state index contributed by atoms with van der Waals surface area (Å²) in [4.78, 5) is 0. The van der Waals surface area contributed by atoms with Crippen LogP contribution in [-0.2, 0) is 4.74 Å². The third-order valence-corrected chi connectivity index (χ3v) is 3.91. The average molecular weight is 334 g/mol. The van der Waals surface area contributed by atoms with Crippen LogP contribution in [0.3, 0.4) is 0 Å². The molecule has 1 atom stereocenters. The predicted molar refractivity (Wildman–Crippen MR) is 87.9 cm³/mol. The van der Waals surface area contributed by atoms with Crippen molar-refractivity contribution < 1.29 is 14.2 Å². The summed E-state index contributed by atoms with van der Waals surface area (Å²) in [5.41, 5.74) is 0.785. The molecule has 0 radical (unpaired) electrons. The van der Waals surface area contributed by atoms with Gasteiger partial charge in [0.05, 0.1) is 20.4 Å². The molecule has 1 saturated heterocycles. The van der Waals surface area contributed by atoms with E-state index in [1.165, 1.54) is 0 Å². The number of hydrogen-bond donors (Lipinski definition) is 1. The Kier molecular flexibility index (Phi) is 4.73. The van der Waals surface area contributed by atoms with Gasteiger partial charge in [0, 0.05) is 12.2 Å². The van der Waals surface area contributed by atoms with E-state index in [1.807, 2.05) is 18.2 Å². The average Bonchev–Trinajstić information content (AvgIpc) is 3.22. The summed E-state index contributed by atoms with van der Waals surface area (Å²) >= 11 is 5.25. The van der Waals surface area contributed by atoms with Crippen LogP contribution in [0.2, 0.25) is 0 Å². The smallest absolute Gasteiger partial charge is 0.216 e. The maximum absolute atomic E-state index is 5.66. The first kappa shape index (κ1) is 15.7. The third-order valence-electron chi connectivity index (χ3n) is 3.64. The number of nitrogens with zero attached hydrogens (tertiary/aromatic N) is 3. The zero-order valence-corrected chi connectivity index (χ0v) is 13.8. The molecule has 8 heteroatoms. The van der Waals surface area contributed by atoms with Gasteiger partial charge in [-0.25, -0.2) is 0 Å². The first-order valence-electron chi connectivity index (χ1n) is 7.28. The van der Waals surface area contributed by atoms with Crippen molar-refractivity contribution in [2.45, 2.75) is 18.9 Å². The molecule has 0 bridgehead atoms. The zero-order valence-electron chi connectivity index (χ0n) is 13.0. The molecule has 23 heavy (non-hydrogen) atoms. The minimum absolute atomic E-state index is 0.0766. The standard InChI is InChI=1S/C15H18N4O3S/c1-20-11-5-6-12(21-2)10(8-11)9-16-19-14(17-18-15(19)23)13-4-3-7-22-13/h5-6,8-9,13H,3-4,7H2,1-2H3,(H,18,23)/b16-9-. The van der Waals surface area contributed by atoms with Gasteiger partial charge in [0.25, 0.3) is 0 Å². The van der Waals surface area contributed by atoms with Gasteiger partial charge in [-0.3, -0.25) is 5.10 Å². The van der Waals surface area contributed by atoms with E-state index in [0.717, 1.165) is 30.8 Å². The summed E-state index contributed by atoms with van der Waals surface area (Å²) in [7, 11) is 3.23. The van der Waals surface area contributed by atoms with Crippen molar-refractivity contribution in [3.8, 4) is 11.5 Å². The van der Waals surface area contributed by atoms with Gasteiger partial charge in [-0.15, -0.1) is 0 Å². The van der Waals surface area contributed by atoms with E-state index in [2.05, 4.69) is 15.3 Å². The Morgan fingerprint density at radius 1 is 1.43 bits per heavy atom. The molecule has 3 rings (SSSR count). The second-order valence-corrected chi connectivity index (χ2v) is 5.44. The van der Waals surface area contributed by atoms with Crippen molar-refractivity contribution >= 4 is 18.4 Å². The minimum atomic E-state index is -0.0766. The van der Waals surface area contributed by atoms with Gasteiger partial charge in [-0.05, 0) is 43.3 Å². The number of nitrogens with one attached hydrogen (secondary N) is 1. The Morgan fingerprint density at radius 2 is 2.30 bits per heavy atom. The normalized spacial score (nSPS) is 17.7. The molecule has 1 aliphatic rings. The predicted octanol–water partition coefficient (Wildman–Crippen LogP) is 2.69. The minimum Gasteiger partial charge on any atom is -0.497 e. The molecule has 1 N–H and O–H groups in total. The van der Waals surface area contributed by atoms with Crippen molar-refractivity contribution in [3.63, 3.8) is 0 Å². The summed E-state index contributed by atoms with van der Waals surface area (Å²) in [6.45, 7) is 0.734. The molecule has 1 aliphatic heterocycles. The van der Waals surface area contributed by atoms with Crippen LogP contribution in [0.5, 0.6) is 11.5 Å². The summed E-state index contributed by atoms with van der Waals surface area (Å²) in [5, 5.41) is 11.4. The molecule has 1 unspecified atom stereocenters. The lowest BCUT2D eigenvalue weighted by molar-refractivity contribution is 0.102. The molecule has 1 fully saturated rings. The van der Waals surface area contributed by atoms with Gasteiger partial charge in [-0.1, -0.05) is 0 Å². The van der Waals surface area contributed by atoms with E-state index in [-0.39, 0.29) is 6.10 Å². The van der Waals surface area contributed by atoms with Crippen LogP contribution < -0.4 is 9.47 Å². The zero-order chi connectivity index (χ0) is 16.2. The van der Waals surface area contributed by atoms with Crippen LogP contribution in [0.25, 0.3) is 0 Å². The van der Waals surface area contributed by atoms with Crippen LogP contribution in [-0.4, -0.2) is 41.9 Å². The Hall–Kier alpha value is -2.19. The fourth-order valence-corrected chi connectivity index (χ4v) is 2.65. The van der Waals surface area contributed by atoms with E-state index >= 15 is 0 Å². The van der Waals surface area contributed by atoms with Gasteiger partial charge in [0.2, 0.25) is 4.77 Å². The van der Waals surface area contributed by atoms with Crippen molar-refractivity contribution in [3.05, 3.63) is 34.4 Å². The highest BCUT2D eigenvalue weighted by atomic mass is 32.1. The Bertz CT molecular complexity index is 762. The molecule has 1 aromatic carbocycles. The van der Waals surface area contributed by atoms with Gasteiger partial charge in [0.1, 0.15) is 17.6 Å². The second kappa shape index (κ2) is 6.93. The van der Waals surface area contributed by atoms with Crippen LogP contribution in [0.15, 0.2) is 23.3 Å². The maximum Gasteiger partial charge on any atom is 0.216 e. The van der Waals surface area contributed by atoms with Crippen molar-refractivity contribution in [1.29, 1.82) is 0 Å². The molecule has 0 aliphatic carbocycles. The monoisotopic (exact) mass is 334 g/mol. The van der Waals surface area contributed by atoms with Gasteiger partial charge >= 0.3 is 0 Å². The molecule has 122 valence electrons. The first-order valence-corrected chi connectivity index (χ1v) is 7.69. The molecular weight excluding hydrogens is 316 g/mol. The van der Waals surface area contributed by atoms with Crippen LogP contribution in [0, 0.1) is 4.77 Å². The Balaban J connectivity index is 1.94. The second-order valence-electron chi connectivity index (χ2n) is 5.05. The molecule has 0 amide bonds. The molecular formula is C15H18N4O3S. The number of H-pyrrole nitrogens is 1. The highest BCUT2D eigenvalue weighted by Gasteiger charge is 2.23. The molecule has 7 nitrogen and oxygen atoms in total. The highest BCUT2D eigenvalue weighted by molar-refractivity contribution is 7.71. The largest absolute Gasteiger partial charge is 0.497 e. The van der Waals surface area contributed by atoms with E-state index in [4.69, 9.17) is 26.4 Å². The Morgan fingerprint density at radius 3 is 3.00 bits per heavy atom. The molecule has 0 spiro atoms. The summed E-state index contributed by atoms with van der Waals surface area (Å²) in [6.07, 6.45) is 3.52. The molecule has 2 aromatic rings. The quantitative estimate of drug-likeness (QED) is 0.672. The van der Waals surface area contributed by atoms with Crippen LogP contribution in [0.1, 0.15) is 30.3 Å². The number of aromatic nitrogens is 3. The summed E-state index contributed by atoms with van der Waals surface area (Å²) in [6, 6.07) is 5.51. The summed E-state index contributed by atoms with van der Waals surface area (Å²) < 4.78 is 18.3. The van der Waals surface area contributed by atoms with Crippen molar-refractivity contribution in [2.75, 3.05) is 20.8 Å². The molecule has 2 heterocycles. The van der Waals surface area contributed by atoms with Crippen molar-refractivity contribution in [2.24, 2.45) is 5.10 Å². The molecule has 0 saturated carbocycles. The van der Waals surface area contributed by atoms with E-state index in [9.17, 15) is 0 Å². The molecule has 1 aromatic heterocycles. The highest BCUT2D eigenvalue weighted by Crippen LogP contribution is 2.27. The number of ether oxygens (including phenoxy) is 3. The van der Waals surface area contributed by atoms with Gasteiger partial charge < -0.3 is 14.2 Å². The van der Waals surface area contributed by atoms with Crippen molar-refractivity contribution in [1.82, 2.24) is 14.9 Å². The van der Waals surface area contributed by atoms with E-state index in [0.29, 0.717) is 16.3 Å². The number of benzene rings is 1. The number of methoxy groups -OCH3 is 2. The van der Waals surface area contributed by atoms with E-state index < -0.39 is 0 Å². The van der Waals surface area contributed by atoms with Crippen LogP contribution in [0.4, 0.5) is 0 Å². The lowest BCUT2D eigenvalue weighted by Gasteiger charge is -2.08. The fourth-order valence-electron chi connectivity index (χ4n) is 2.47. The number of hydrogen-bond acceptors (Lipinski definition) is 6. The third kappa shape index (κ3) is 3.27. The lowest BCUT2D eigenvalue weighted by atomic mass is 10.2. The number of rotatable bonds is 5. The van der Waals surface area contributed by atoms with Gasteiger partial charge in [0.15, 0.2) is 5.82 Å². The van der Waals surface area contributed by atoms with E-state index in [1.54, 1.807) is 25.1 Å². The fraction of sp³-hybridized carbons (Fsp3) is 0.400. The van der Waals surface area contributed by atoms with Gasteiger partial charge in [-0.2, -0.15) is 14.9 Å². The summed E-state index contributed by atoms with van der Waals surface area (Å²) in [5.74, 6) is 2.11. The van der Waals surface area contributed by atoms with Crippen LogP contribution >= 0.6 is 12.2 Å². The first-order chi connectivity index (χ1) is 11.2. The SMILES string of the molecule is COc1ccc(OC)c(/C=N\n2c(C3CCCO3)n[nH]c2=S)c1. The Labute approximate surface area is 138 Å². The maximum atomic E-state index is 5.66. The number of aromatic amines is 1.